The molecule has 1 rings (SSSR count). The fourth-order valence-electron chi connectivity index (χ4n) is 1.82. The van der Waals surface area contributed by atoms with Gasteiger partial charge in [0.2, 0.25) is 0 Å². The Hall–Kier alpha value is -0.0900. The minimum Gasteiger partial charge on any atom is -0.264 e. The molecule has 1 saturated carbocycles. The van der Waals surface area contributed by atoms with Crippen molar-refractivity contribution < 1.29 is 12.6 Å². The summed E-state index contributed by atoms with van der Waals surface area (Å²) in [5.41, 5.74) is -0.444. The number of rotatable bonds is 2. The summed E-state index contributed by atoms with van der Waals surface area (Å²) in [5, 5.41) is 0. The molecule has 0 aromatic rings. The molecule has 0 aliphatic heterocycles. The van der Waals surface area contributed by atoms with Crippen molar-refractivity contribution in [1.82, 2.24) is 0 Å². The minimum atomic E-state index is -3.30. The van der Waals surface area contributed by atoms with Crippen LogP contribution in [0.5, 0.6) is 0 Å². The molecular weight excluding hydrogens is 188 g/mol. The molecule has 0 bridgehead atoms. The SMILES string of the molecule is CC1CCC(C)(OS(C)(=O)=O)CC1. The van der Waals surface area contributed by atoms with E-state index in [0.717, 1.165) is 31.9 Å². The highest BCUT2D eigenvalue weighted by atomic mass is 32.2. The van der Waals surface area contributed by atoms with Crippen LogP contribution in [-0.4, -0.2) is 20.3 Å². The van der Waals surface area contributed by atoms with Crippen molar-refractivity contribution in [3.8, 4) is 0 Å². The van der Waals surface area contributed by atoms with Crippen LogP contribution in [-0.2, 0) is 14.3 Å². The summed E-state index contributed by atoms with van der Waals surface area (Å²) in [6, 6.07) is 0. The lowest BCUT2D eigenvalue weighted by molar-refractivity contribution is 0.0429. The van der Waals surface area contributed by atoms with E-state index < -0.39 is 15.7 Å². The van der Waals surface area contributed by atoms with E-state index in [9.17, 15) is 8.42 Å². The highest BCUT2D eigenvalue weighted by molar-refractivity contribution is 7.86. The molecule has 0 aromatic carbocycles. The third-order valence-electron chi connectivity index (χ3n) is 2.68. The second-order valence-corrected chi connectivity index (χ2v) is 5.99. The summed E-state index contributed by atoms with van der Waals surface area (Å²) in [5.74, 6) is 0.705. The molecule has 1 aliphatic carbocycles. The zero-order chi connectivity index (χ0) is 10.1. The van der Waals surface area contributed by atoms with E-state index in [2.05, 4.69) is 6.92 Å². The second kappa shape index (κ2) is 3.58. The molecule has 0 saturated heterocycles. The zero-order valence-corrected chi connectivity index (χ0v) is 9.36. The predicted molar refractivity (Wildman–Crippen MR) is 52.0 cm³/mol. The Morgan fingerprint density at radius 1 is 1.31 bits per heavy atom. The molecule has 0 radical (unpaired) electrons. The average Bonchev–Trinajstić information content (AvgIpc) is 1.92. The van der Waals surface area contributed by atoms with E-state index >= 15 is 0 Å². The van der Waals surface area contributed by atoms with Gasteiger partial charge in [0.05, 0.1) is 11.9 Å². The fourth-order valence-corrected chi connectivity index (χ4v) is 2.72. The lowest BCUT2D eigenvalue weighted by atomic mass is 9.81. The standard InChI is InChI=1S/C9H18O3S/c1-8-4-6-9(2,7-5-8)12-13(3,10)11/h8H,4-7H2,1-3H3. The van der Waals surface area contributed by atoms with Gasteiger partial charge in [-0.25, -0.2) is 0 Å². The van der Waals surface area contributed by atoms with Gasteiger partial charge >= 0.3 is 0 Å². The fraction of sp³-hybridized carbons (Fsp3) is 1.00. The molecule has 3 nitrogen and oxygen atoms in total. The first-order valence-electron chi connectivity index (χ1n) is 4.71. The van der Waals surface area contributed by atoms with Gasteiger partial charge in [0, 0.05) is 0 Å². The van der Waals surface area contributed by atoms with Gasteiger partial charge in [0.1, 0.15) is 0 Å². The smallest absolute Gasteiger partial charge is 0.264 e. The Morgan fingerprint density at radius 3 is 2.15 bits per heavy atom. The lowest BCUT2D eigenvalue weighted by Gasteiger charge is -2.34. The first-order valence-corrected chi connectivity index (χ1v) is 6.53. The van der Waals surface area contributed by atoms with Gasteiger partial charge in [0.15, 0.2) is 0 Å². The van der Waals surface area contributed by atoms with Crippen LogP contribution in [0, 0.1) is 5.92 Å². The molecule has 0 heterocycles. The van der Waals surface area contributed by atoms with E-state index in [1.54, 1.807) is 0 Å². The van der Waals surface area contributed by atoms with Gasteiger partial charge in [-0.2, -0.15) is 8.42 Å². The molecule has 1 aliphatic rings. The van der Waals surface area contributed by atoms with E-state index in [1.807, 2.05) is 6.92 Å². The van der Waals surface area contributed by atoms with Crippen molar-refractivity contribution in [2.24, 2.45) is 5.92 Å². The first kappa shape index (κ1) is 11.0. The quantitative estimate of drug-likeness (QED) is 0.648. The molecule has 0 unspecified atom stereocenters. The highest BCUT2D eigenvalue weighted by Crippen LogP contribution is 2.35. The summed E-state index contributed by atoms with van der Waals surface area (Å²) in [6.07, 6.45) is 4.94. The summed E-state index contributed by atoms with van der Waals surface area (Å²) in [7, 11) is -3.30. The molecule has 0 aromatic heterocycles. The van der Waals surface area contributed by atoms with Gasteiger partial charge in [-0.15, -0.1) is 0 Å². The molecule has 13 heavy (non-hydrogen) atoms. The van der Waals surface area contributed by atoms with Crippen molar-refractivity contribution in [3.63, 3.8) is 0 Å². The second-order valence-electron chi connectivity index (χ2n) is 4.42. The zero-order valence-electron chi connectivity index (χ0n) is 8.54. The summed E-state index contributed by atoms with van der Waals surface area (Å²) < 4.78 is 27.0. The van der Waals surface area contributed by atoms with Crippen molar-refractivity contribution in [2.75, 3.05) is 6.26 Å². The number of hydrogen-bond donors (Lipinski definition) is 0. The van der Waals surface area contributed by atoms with Gasteiger partial charge < -0.3 is 0 Å². The molecular formula is C9H18O3S. The van der Waals surface area contributed by atoms with E-state index in [-0.39, 0.29) is 0 Å². The van der Waals surface area contributed by atoms with Crippen LogP contribution in [0.25, 0.3) is 0 Å². The Morgan fingerprint density at radius 2 is 1.77 bits per heavy atom. The summed E-state index contributed by atoms with van der Waals surface area (Å²) in [4.78, 5) is 0. The van der Waals surface area contributed by atoms with Gasteiger partial charge in [-0.1, -0.05) is 6.92 Å². The van der Waals surface area contributed by atoms with Crippen LogP contribution < -0.4 is 0 Å². The van der Waals surface area contributed by atoms with Crippen molar-refractivity contribution in [2.45, 2.75) is 45.1 Å². The average molecular weight is 206 g/mol. The maximum absolute atomic E-state index is 11.0. The Balaban J connectivity index is 2.58. The van der Waals surface area contributed by atoms with Crippen molar-refractivity contribution in [1.29, 1.82) is 0 Å². The molecule has 0 N–H and O–H groups in total. The molecule has 1 fully saturated rings. The van der Waals surface area contributed by atoms with E-state index in [0.29, 0.717) is 5.92 Å². The van der Waals surface area contributed by atoms with Gasteiger partial charge in [-0.3, -0.25) is 4.18 Å². The molecule has 0 spiro atoms. The monoisotopic (exact) mass is 206 g/mol. The van der Waals surface area contributed by atoms with E-state index in [4.69, 9.17) is 4.18 Å². The van der Waals surface area contributed by atoms with E-state index in [1.165, 1.54) is 0 Å². The molecule has 78 valence electrons. The van der Waals surface area contributed by atoms with Crippen LogP contribution in [0.1, 0.15) is 39.5 Å². The predicted octanol–water partition coefficient (Wildman–Crippen LogP) is 1.93. The normalized spacial score (nSPS) is 36.1. The maximum Gasteiger partial charge on any atom is 0.264 e. The van der Waals surface area contributed by atoms with Gasteiger partial charge in [-0.05, 0) is 38.5 Å². The first-order chi connectivity index (χ1) is 5.81. The summed E-state index contributed by atoms with van der Waals surface area (Å²) >= 11 is 0. The van der Waals surface area contributed by atoms with Crippen LogP contribution in [0.2, 0.25) is 0 Å². The van der Waals surface area contributed by atoms with Crippen molar-refractivity contribution in [3.05, 3.63) is 0 Å². The van der Waals surface area contributed by atoms with Crippen LogP contribution >= 0.6 is 0 Å². The lowest BCUT2D eigenvalue weighted by Crippen LogP contribution is -2.35. The molecule has 4 heteroatoms. The third-order valence-corrected chi connectivity index (χ3v) is 3.39. The van der Waals surface area contributed by atoms with Gasteiger partial charge in [0.25, 0.3) is 10.1 Å². The topological polar surface area (TPSA) is 43.4 Å². The summed E-state index contributed by atoms with van der Waals surface area (Å²) in [6.45, 7) is 4.08. The maximum atomic E-state index is 11.0. The van der Waals surface area contributed by atoms with Crippen molar-refractivity contribution >= 4 is 10.1 Å². The Bertz CT molecular complexity index is 261. The highest BCUT2D eigenvalue weighted by Gasteiger charge is 2.33. The Labute approximate surface area is 80.6 Å². The Kier molecular flexibility index (Phi) is 3.02. The molecule has 0 amide bonds. The number of hydrogen-bond acceptors (Lipinski definition) is 3. The largest absolute Gasteiger partial charge is 0.264 e. The molecule has 0 atom stereocenters. The third kappa shape index (κ3) is 3.65. The van der Waals surface area contributed by atoms with Crippen LogP contribution in [0.3, 0.4) is 0 Å². The minimum absolute atomic E-state index is 0.444. The van der Waals surface area contributed by atoms with Crippen LogP contribution in [0.15, 0.2) is 0 Å². The van der Waals surface area contributed by atoms with Crippen LogP contribution in [0.4, 0.5) is 0 Å².